The van der Waals surface area contributed by atoms with Gasteiger partial charge in [0.1, 0.15) is 5.82 Å². The highest BCUT2D eigenvalue weighted by molar-refractivity contribution is 9.09. The minimum absolute atomic E-state index is 0.0215. The molecule has 0 N–H and O–H groups in total. The van der Waals surface area contributed by atoms with Crippen LogP contribution in [0.4, 0.5) is 4.39 Å². The maximum atomic E-state index is 13.6. The van der Waals surface area contributed by atoms with Gasteiger partial charge < -0.3 is 4.90 Å². The lowest BCUT2D eigenvalue weighted by atomic mass is 10.2. The van der Waals surface area contributed by atoms with Gasteiger partial charge in [0.05, 0.1) is 11.9 Å². The maximum absolute atomic E-state index is 13.6. The van der Waals surface area contributed by atoms with Crippen LogP contribution in [0.25, 0.3) is 0 Å². The van der Waals surface area contributed by atoms with Gasteiger partial charge in [-0.1, -0.05) is 33.6 Å². The highest BCUT2D eigenvalue weighted by atomic mass is 79.9. The fourth-order valence-corrected chi connectivity index (χ4v) is 2.28. The fraction of sp³-hybridized carbons (Fsp3) is 0.417. The molecule has 1 aliphatic carbocycles. The molecular formula is C12H12BrClFNO. The Morgan fingerprint density at radius 2 is 2.24 bits per heavy atom. The number of hydrogen-bond donors (Lipinski definition) is 0. The van der Waals surface area contributed by atoms with Crippen LogP contribution in [0.2, 0.25) is 5.02 Å². The highest BCUT2D eigenvalue weighted by Crippen LogP contribution is 2.30. The van der Waals surface area contributed by atoms with E-state index in [4.69, 9.17) is 11.6 Å². The summed E-state index contributed by atoms with van der Waals surface area (Å²) in [6.45, 7) is 0.251. The first-order chi connectivity index (χ1) is 8.13. The summed E-state index contributed by atoms with van der Waals surface area (Å²) in [5, 5.41) is 0.633. The van der Waals surface area contributed by atoms with E-state index in [2.05, 4.69) is 15.9 Å². The quantitative estimate of drug-likeness (QED) is 0.779. The van der Waals surface area contributed by atoms with Crippen molar-refractivity contribution in [2.75, 3.05) is 5.33 Å². The van der Waals surface area contributed by atoms with Gasteiger partial charge in [0.15, 0.2) is 0 Å². The van der Waals surface area contributed by atoms with Gasteiger partial charge in [-0.05, 0) is 25.0 Å². The SMILES string of the molecule is O=C(CBr)N(Cc1c(F)cccc1Cl)C1CC1. The molecule has 1 saturated carbocycles. The van der Waals surface area contributed by atoms with Crippen LogP contribution < -0.4 is 0 Å². The van der Waals surface area contributed by atoms with Crippen molar-refractivity contribution in [2.45, 2.75) is 25.4 Å². The number of carbonyl (C=O) groups excluding carboxylic acids is 1. The lowest BCUT2D eigenvalue weighted by Gasteiger charge is -2.22. The Balaban J connectivity index is 2.20. The summed E-state index contributed by atoms with van der Waals surface area (Å²) in [6.07, 6.45) is 1.98. The van der Waals surface area contributed by atoms with Crippen molar-refractivity contribution in [1.82, 2.24) is 4.90 Å². The zero-order chi connectivity index (χ0) is 12.4. The second-order valence-corrected chi connectivity index (χ2v) is 5.05. The molecule has 1 amide bonds. The molecule has 17 heavy (non-hydrogen) atoms. The highest BCUT2D eigenvalue weighted by Gasteiger charge is 2.32. The van der Waals surface area contributed by atoms with Crippen LogP contribution in [-0.4, -0.2) is 22.2 Å². The number of amides is 1. The van der Waals surface area contributed by atoms with E-state index in [0.29, 0.717) is 10.6 Å². The first-order valence-corrected chi connectivity index (χ1v) is 6.91. The molecule has 1 aromatic carbocycles. The Morgan fingerprint density at radius 3 is 2.76 bits per heavy atom. The Hall–Kier alpha value is -0.610. The molecule has 0 spiro atoms. The number of carbonyl (C=O) groups is 1. The maximum Gasteiger partial charge on any atom is 0.233 e. The van der Waals surface area contributed by atoms with Crippen molar-refractivity contribution < 1.29 is 9.18 Å². The Bertz CT molecular complexity index is 416. The summed E-state index contributed by atoms with van der Waals surface area (Å²) in [4.78, 5) is 13.4. The predicted octanol–water partition coefficient (Wildman–Crippen LogP) is 3.37. The molecule has 0 atom stereocenters. The average molecular weight is 321 g/mol. The molecule has 5 heteroatoms. The second-order valence-electron chi connectivity index (χ2n) is 4.09. The van der Waals surface area contributed by atoms with Crippen molar-refractivity contribution in [2.24, 2.45) is 0 Å². The molecular weight excluding hydrogens is 308 g/mol. The van der Waals surface area contributed by atoms with Crippen molar-refractivity contribution in [3.8, 4) is 0 Å². The monoisotopic (exact) mass is 319 g/mol. The summed E-state index contributed by atoms with van der Waals surface area (Å²) in [5.74, 6) is -0.377. The minimum atomic E-state index is -0.356. The third-order valence-corrected chi connectivity index (χ3v) is 3.65. The molecule has 0 unspecified atom stereocenters. The summed E-state index contributed by atoms with van der Waals surface area (Å²) < 4.78 is 13.6. The fourth-order valence-electron chi connectivity index (χ4n) is 1.74. The van der Waals surface area contributed by atoms with E-state index in [1.165, 1.54) is 6.07 Å². The zero-order valence-electron chi connectivity index (χ0n) is 9.13. The second kappa shape index (κ2) is 5.36. The molecule has 1 fully saturated rings. The zero-order valence-corrected chi connectivity index (χ0v) is 11.5. The Labute approximate surface area is 113 Å². The normalized spacial score (nSPS) is 14.8. The van der Waals surface area contributed by atoms with Crippen molar-refractivity contribution in [3.05, 3.63) is 34.6 Å². The van der Waals surface area contributed by atoms with Crippen LogP contribution in [0.3, 0.4) is 0 Å². The topological polar surface area (TPSA) is 20.3 Å². The number of rotatable bonds is 4. The van der Waals surface area contributed by atoms with Crippen molar-refractivity contribution in [1.29, 1.82) is 0 Å². The molecule has 1 aliphatic rings. The van der Waals surface area contributed by atoms with Gasteiger partial charge in [0, 0.05) is 16.6 Å². The van der Waals surface area contributed by atoms with E-state index < -0.39 is 0 Å². The van der Waals surface area contributed by atoms with Gasteiger partial charge in [-0.2, -0.15) is 0 Å². The van der Waals surface area contributed by atoms with Crippen LogP contribution in [0, 0.1) is 5.82 Å². The van der Waals surface area contributed by atoms with Crippen LogP contribution in [0.1, 0.15) is 18.4 Å². The van der Waals surface area contributed by atoms with Gasteiger partial charge in [-0.25, -0.2) is 4.39 Å². The lowest BCUT2D eigenvalue weighted by molar-refractivity contribution is -0.129. The molecule has 0 bridgehead atoms. The van der Waals surface area contributed by atoms with E-state index in [1.54, 1.807) is 17.0 Å². The third kappa shape index (κ3) is 2.99. The van der Waals surface area contributed by atoms with Gasteiger partial charge in [0.25, 0.3) is 0 Å². The summed E-state index contributed by atoms with van der Waals surface area (Å²) >= 11 is 9.10. The molecule has 0 radical (unpaired) electrons. The molecule has 0 aromatic heterocycles. The molecule has 0 saturated heterocycles. The summed E-state index contributed by atoms with van der Waals surface area (Å²) in [5.41, 5.74) is 0.398. The Kier molecular flexibility index (Phi) is 4.05. The van der Waals surface area contributed by atoms with E-state index in [0.717, 1.165) is 12.8 Å². The number of benzene rings is 1. The van der Waals surface area contributed by atoms with E-state index in [-0.39, 0.29) is 29.6 Å². The lowest BCUT2D eigenvalue weighted by Crippen LogP contribution is -2.33. The number of nitrogens with zero attached hydrogens (tertiary/aromatic N) is 1. The first-order valence-electron chi connectivity index (χ1n) is 5.42. The summed E-state index contributed by atoms with van der Waals surface area (Å²) in [6, 6.07) is 4.82. The molecule has 2 rings (SSSR count). The van der Waals surface area contributed by atoms with Crippen LogP contribution in [0.5, 0.6) is 0 Å². The molecule has 2 nitrogen and oxygen atoms in total. The van der Waals surface area contributed by atoms with Gasteiger partial charge in [0.2, 0.25) is 5.91 Å². The van der Waals surface area contributed by atoms with E-state index >= 15 is 0 Å². The molecule has 0 heterocycles. The van der Waals surface area contributed by atoms with Gasteiger partial charge >= 0.3 is 0 Å². The first kappa shape index (κ1) is 12.8. The molecule has 92 valence electrons. The number of hydrogen-bond acceptors (Lipinski definition) is 1. The van der Waals surface area contributed by atoms with Crippen molar-refractivity contribution >= 4 is 33.4 Å². The molecule has 0 aliphatic heterocycles. The predicted molar refractivity (Wildman–Crippen MR) is 68.8 cm³/mol. The van der Waals surface area contributed by atoms with Gasteiger partial charge in [-0.3, -0.25) is 4.79 Å². The largest absolute Gasteiger partial charge is 0.334 e. The standard InChI is InChI=1S/C12H12BrClFNO/c13-6-12(17)16(8-4-5-8)7-9-10(14)2-1-3-11(9)15/h1-3,8H,4-7H2. The van der Waals surface area contributed by atoms with E-state index in [1.807, 2.05) is 0 Å². The van der Waals surface area contributed by atoms with Crippen LogP contribution >= 0.6 is 27.5 Å². The summed E-state index contributed by atoms with van der Waals surface area (Å²) in [7, 11) is 0. The van der Waals surface area contributed by atoms with Crippen LogP contribution in [0.15, 0.2) is 18.2 Å². The third-order valence-electron chi connectivity index (χ3n) is 2.81. The smallest absolute Gasteiger partial charge is 0.233 e. The van der Waals surface area contributed by atoms with Gasteiger partial charge in [-0.15, -0.1) is 0 Å². The minimum Gasteiger partial charge on any atom is -0.334 e. The average Bonchev–Trinajstić information content (AvgIpc) is 3.12. The number of halogens is 3. The number of alkyl halides is 1. The molecule has 1 aromatic rings. The van der Waals surface area contributed by atoms with E-state index in [9.17, 15) is 9.18 Å². The Morgan fingerprint density at radius 1 is 1.53 bits per heavy atom. The van der Waals surface area contributed by atoms with Crippen LogP contribution in [-0.2, 0) is 11.3 Å². The van der Waals surface area contributed by atoms with Crippen molar-refractivity contribution in [3.63, 3.8) is 0 Å².